The summed E-state index contributed by atoms with van der Waals surface area (Å²) in [6.45, 7) is 5.81. The Kier molecular flexibility index (Phi) is 6.99. The number of likely N-dealkylation sites (tertiary alicyclic amines) is 1. The number of aryl methyl sites for hydroxylation is 1. The number of benzene rings is 1. The molecule has 1 aliphatic heterocycles. The maximum Gasteiger partial charge on any atom is 0.341 e. The van der Waals surface area contributed by atoms with Gasteiger partial charge in [-0.1, -0.05) is 12.1 Å². The van der Waals surface area contributed by atoms with E-state index < -0.39 is 5.97 Å². The van der Waals surface area contributed by atoms with E-state index in [0.717, 1.165) is 37.2 Å². The molecule has 1 N–H and O–H groups in total. The molecule has 1 aromatic carbocycles. The van der Waals surface area contributed by atoms with Crippen molar-refractivity contribution in [3.8, 4) is 11.3 Å². The average molecular weight is 510 g/mol. The van der Waals surface area contributed by atoms with Crippen molar-refractivity contribution >= 4 is 49.8 Å². The summed E-state index contributed by atoms with van der Waals surface area (Å²) in [5.74, 6) is 1.15. The number of aromatic nitrogens is 1. The molecule has 182 valence electrons. The van der Waals surface area contributed by atoms with Crippen molar-refractivity contribution in [3.05, 3.63) is 58.1 Å². The van der Waals surface area contributed by atoms with Gasteiger partial charge >= 0.3 is 5.97 Å². The molecular formula is C26H27N3O4S2. The van der Waals surface area contributed by atoms with Crippen molar-refractivity contribution in [2.45, 2.75) is 32.6 Å². The summed E-state index contributed by atoms with van der Waals surface area (Å²) in [5.41, 5.74) is 2.04. The summed E-state index contributed by atoms with van der Waals surface area (Å²) < 4.78 is 12.2. The molecular weight excluding hydrogens is 482 g/mol. The monoisotopic (exact) mass is 509 g/mol. The fourth-order valence-electron chi connectivity index (χ4n) is 4.39. The maximum atomic E-state index is 12.9. The number of ether oxygens (including phenoxy) is 1. The molecule has 0 radical (unpaired) electrons. The third-order valence-corrected chi connectivity index (χ3v) is 8.24. The highest BCUT2D eigenvalue weighted by atomic mass is 32.1. The number of hydrogen-bond donors (Lipinski definition) is 1. The quantitative estimate of drug-likeness (QED) is 0.311. The van der Waals surface area contributed by atoms with Gasteiger partial charge in [-0.15, -0.1) is 22.7 Å². The Morgan fingerprint density at radius 1 is 1.20 bits per heavy atom. The number of rotatable bonds is 7. The van der Waals surface area contributed by atoms with Crippen LogP contribution in [0.1, 0.15) is 46.8 Å². The standard InChI is InChI=1S/C26H27N3O4S2/c1-3-32-26(31)23-18(20-9-8-16(2)33-20)15-34-25(23)28-22(30)14-29-12-10-17(11-13-29)24-27-19-6-4-5-7-21(19)35-24/h4-9,15,17H,3,10-14H2,1-2H3,(H,28,30). The van der Waals surface area contributed by atoms with Crippen LogP contribution in [0, 0.1) is 6.92 Å². The van der Waals surface area contributed by atoms with Crippen LogP contribution in [0.2, 0.25) is 0 Å². The van der Waals surface area contributed by atoms with Gasteiger partial charge in [-0.05, 0) is 64.0 Å². The molecule has 5 rings (SSSR count). The van der Waals surface area contributed by atoms with Crippen LogP contribution in [-0.4, -0.2) is 48.0 Å². The van der Waals surface area contributed by atoms with Crippen LogP contribution in [-0.2, 0) is 9.53 Å². The van der Waals surface area contributed by atoms with E-state index >= 15 is 0 Å². The van der Waals surface area contributed by atoms with E-state index in [1.807, 2.05) is 36.6 Å². The number of thiazole rings is 1. The molecule has 0 unspecified atom stereocenters. The van der Waals surface area contributed by atoms with Gasteiger partial charge in [-0.2, -0.15) is 0 Å². The number of esters is 1. The van der Waals surface area contributed by atoms with Crippen molar-refractivity contribution < 1.29 is 18.7 Å². The lowest BCUT2D eigenvalue weighted by atomic mass is 9.97. The number of carbonyl (C=O) groups is 2. The molecule has 0 bridgehead atoms. The second-order valence-electron chi connectivity index (χ2n) is 8.60. The number of anilines is 1. The molecule has 0 aliphatic carbocycles. The smallest absolute Gasteiger partial charge is 0.341 e. The van der Waals surface area contributed by atoms with Crippen LogP contribution in [0.3, 0.4) is 0 Å². The predicted octanol–water partition coefficient (Wildman–Crippen LogP) is 5.92. The number of piperidine rings is 1. The number of fused-ring (bicyclic) bond motifs is 1. The minimum absolute atomic E-state index is 0.141. The topological polar surface area (TPSA) is 84.7 Å². The number of para-hydroxylation sites is 1. The molecule has 4 aromatic rings. The van der Waals surface area contributed by atoms with E-state index in [4.69, 9.17) is 14.1 Å². The molecule has 35 heavy (non-hydrogen) atoms. The summed E-state index contributed by atoms with van der Waals surface area (Å²) in [5, 5.41) is 6.44. The summed E-state index contributed by atoms with van der Waals surface area (Å²) in [7, 11) is 0. The first kappa shape index (κ1) is 23.7. The summed E-state index contributed by atoms with van der Waals surface area (Å²) in [6.07, 6.45) is 1.95. The van der Waals surface area contributed by atoms with Crippen LogP contribution < -0.4 is 5.32 Å². The van der Waals surface area contributed by atoms with Crippen LogP contribution in [0.15, 0.2) is 46.2 Å². The lowest BCUT2D eigenvalue weighted by Gasteiger charge is -2.30. The third-order valence-electron chi connectivity index (χ3n) is 6.14. The van der Waals surface area contributed by atoms with Crippen LogP contribution in [0.4, 0.5) is 5.00 Å². The van der Waals surface area contributed by atoms with Gasteiger partial charge in [0.15, 0.2) is 0 Å². The molecule has 4 heterocycles. The number of carbonyl (C=O) groups excluding carboxylic acids is 2. The van der Waals surface area contributed by atoms with Gasteiger partial charge in [-0.25, -0.2) is 9.78 Å². The van der Waals surface area contributed by atoms with E-state index in [1.165, 1.54) is 21.0 Å². The van der Waals surface area contributed by atoms with E-state index in [2.05, 4.69) is 22.3 Å². The molecule has 9 heteroatoms. The van der Waals surface area contributed by atoms with Crippen molar-refractivity contribution in [1.29, 1.82) is 0 Å². The highest BCUT2D eigenvalue weighted by Gasteiger charge is 2.27. The number of thiophene rings is 1. The van der Waals surface area contributed by atoms with Gasteiger partial charge in [-0.3, -0.25) is 9.69 Å². The Labute approximate surface area is 211 Å². The lowest BCUT2D eigenvalue weighted by molar-refractivity contribution is -0.117. The minimum Gasteiger partial charge on any atom is -0.462 e. The van der Waals surface area contributed by atoms with Crippen molar-refractivity contribution in [2.75, 3.05) is 31.6 Å². The van der Waals surface area contributed by atoms with E-state index in [9.17, 15) is 9.59 Å². The van der Waals surface area contributed by atoms with Gasteiger partial charge in [0.2, 0.25) is 5.91 Å². The summed E-state index contributed by atoms with van der Waals surface area (Å²) >= 11 is 3.08. The van der Waals surface area contributed by atoms with E-state index in [-0.39, 0.29) is 19.1 Å². The predicted molar refractivity (Wildman–Crippen MR) is 139 cm³/mol. The van der Waals surface area contributed by atoms with E-state index in [0.29, 0.717) is 27.8 Å². The van der Waals surface area contributed by atoms with Gasteiger partial charge < -0.3 is 14.5 Å². The van der Waals surface area contributed by atoms with Gasteiger partial charge in [0.25, 0.3) is 0 Å². The normalized spacial score (nSPS) is 14.9. The van der Waals surface area contributed by atoms with Crippen molar-refractivity contribution in [1.82, 2.24) is 9.88 Å². The molecule has 7 nitrogen and oxygen atoms in total. The van der Waals surface area contributed by atoms with Crippen LogP contribution in [0.25, 0.3) is 21.5 Å². The molecule has 1 saturated heterocycles. The average Bonchev–Trinajstić information content (AvgIpc) is 3.57. The Morgan fingerprint density at radius 2 is 2.00 bits per heavy atom. The number of hydrogen-bond acceptors (Lipinski definition) is 8. The molecule has 1 aliphatic rings. The van der Waals surface area contributed by atoms with Crippen LogP contribution in [0.5, 0.6) is 0 Å². The number of furan rings is 1. The van der Waals surface area contributed by atoms with Crippen molar-refractivity contribution in [2.24, 2.45) is 0 Å². The molecule has 3 aromatic heterocycles. The second kappa shape index (κ2) is 10.3. The number of nitrogens with zero attached hydrogens (tertiary/aromatic N) is 2. The zero-order chi connectivity index (χ0) is 24.4. The molecule has 0 atom stereocenters. The molecule has 0 spiro atoms. The van der Waals surface area contributed by atoms with Crippen molar-refractivity contribution in [3.63, 3.8) is 0 Å². The molecule has 1 amide bonds. The van der Waals surface area contributed by atoms with Gasteiger partial charge in [0, 0.05) is 16.9 Å². The molecule has 1 fully saturated rings. The summed E-state index contributed by atoms with van der Waals surface area (Å²) in [6, 6.07) is 11.9. The first-order chi connectivity index (χ1) is 17.0. The van der Waals surface area contributed by atoms with E-state index in [1.54, 1.807) is 18.3 Å². The fraction of sp³-hybridized carbons (Fsp3) is 0.346. The van der Waals surface area contributed by atoms with Crippen LogP contribution >= 0.6 is 22.7 Å². The highest BCUT2D eigenvalue weighted by Crippen LogP contribution is 2.37. The largest absolute Gasteiger partial charge is 0.462 e. The molecule has 0 saturated carbocycles. The van der Waals surface area contributed by atoms with Gasteiger partial charge in [0.1, 0.15) is 22.1 Å². The number of nitrogens with one attached hydrogen (secondary N) is 1. The Bertz CT molecular complexity index is 1310. The maximum absolute atomic E-state index is 12.9. The Balaban J connectivity index is 1.22. The highest BCUT2D eigenvalue weighted by molar-refractivity contribution is 7.18. The zero-order valence-corrected chi connectivity index (χ0v) is 21.3. The lowest BCUT2D eigenvalue weighted by Crippen LogP contribution is -2.38. The fourth-order valence-corrected chi connectivity index (χ4v) is 6.48. The Morgan fingerprint density at radius 3 is 2.71 bits per heavy atom. The van der Waals surface area contributed by atoms with Gasteiger partial charge in [0.05, 0.1) is 28.4 Å². The second-order valence-corrected chi connectivity index (χ2v) is 10.5. The SMILES string of the molecule is CCOC(=O)c1c(-c2ccc(C)o2)csc1NC(=O)CN1CCC(c2nc3ccccc3s2)CC1. The minimum atomic E-state index is -0.468. The first-order valence-corrected chi connectivity index (χ1v) is 13.4. The number of amides is 1. The third kappa shape index (κ3) is 5.17. The first-order valence-electron chi connectivity index (χ1n) is 11.7. The zero-order valence-electron chi connectivity index (χ0n) is 19.7. The Hall–Kier alpha value is -3.01. The summed E-state index contributed by atoms with van der Waals surface area (Å²) in [4.78, 5) is 32.6.